The zero-order valence-electron chi connectivity index (χ0n) is 9.73. The van der Waals surface area contributed by atoms with Crippen molar-refractivity contribution in [3.63, 3.8) is 0 Å². The maximum Gasteiger partial charge on any atom is 0.0881 e. The van der Waals surface area contributed by atoms with Gasteiger partial charge in [-0.3, -0.25) is 4.99 Å². The molecule has 1 aromatic heterocycles. The van der Waals surface area contributed by atoms with Gasteiger partial charge in [0.2, 0.25) is 0 Å². The summed E-state index contributed by atoms with van der Waals surface area (Å²) < 4.78 is 5.08. The summed E-state index contributed by atoms with van der Waals surface area (Å²) in [6.45, 7) is 0.587. The van der Waals surface area contributed by atoms with E-state index in [0.717, 1.165) is 29.0 Å². The first kappa shape index (κ1) is 10.3. The molecule has 0 bridgehead atoms. The van der Waals surface area contributed by atoms with Gasteiger partial charge >= 0.3 is 0 Å². The molecule has 0 spiro atoms. The smallest absolute Gasteiger partial charge is 0.0881 e. The number of para-hydroxylation sites is 1. The number of benzene rings is 1. The molecule has 0 unspecified atom stereocenters. The first-order valence-electron chi connectivity index (χ1n) is 5.70. The van der Waals surface area contributed by atoms with Crippen molar-refractivity contribution >= 4 is 16.6 Å². The Morgan fingerprint density at radius 3 is 3.06 bits per heavy atom. The molecule has 1 N–H and O–H groups in total. The highest BCUT2D eigenvalue weighted by Crippen LogP contribution is 2.20. The Hall–Kier alpha value is -1.87. The predicted octanol–water partition coefficient (Wildman–Crippen LogP) is 2.89. The van der Waals surface area contributed by atoms with E-state index in [2.05, 4.69) is 34.3 Å². The number of allylic oxidation sites excluding steroid dienone is 1. The molecule has 3 heteroatoms. The molecule has 86 valence electrons. The summed E-state index contributed by atoms with van der Waals surface area (Å²) in [5.74, 6) is 0. The van der Waals surface area contributed by atoms with Gasteiger partial charge in [-0.05, 0) is 12.1 Å². The van der Waals surface area contributed by atoms with Crippen molar-refractivity contribution in [1.29, 1.82) is 0 Å². The molecular formula is C14H14N2O. The van der Waals surface area contributed by atoms with E-state index in [1.807, 2.05) is 12.1 Å². The molecule has 1 aliphatic rings. The van der Waals surface area contributed by atoms with Crippen LogP contribution in [0, 0.1) is 0 Å². The van der Waals surface area contributed by atoms with E-state index in [0.29, 0.717) is 6.61 Å². The van der Waals surface area contributed by atoms with E-state index >= 15 is 0 Å². The van der Waals surface area contributed by atoms with Gasteiger partial charge in [0.1, 0.15) is 0 Å². The summed E-state index contributed by atoms with van der Waals surface area (Å²) in [4.78, 5) is 7.96. The summed E-state index contributed by atoms with van der Waals surface area (Å²) in [6.07, 6.45) is 3.00. The van der Waals surface area contributed by atoms with Gasteiger partial charge in [0.15, 0.2) is 0 Å². The number of methoxy groups -OCH3 is 1. The number of hydrogen-bond donors (Lipinski definition) is 1. The van der Waals surface area contributed by atoms with Crippen LogP contribution < -0.4 is 0 Å². The lowest BCUT2D eigenvalue weighted by Crippen LogP contribution is -1.96. The van der Waals surface area contributed by atoms with Gasteiger partial charge in [-0.25, -0.2) is 0 Å². The first-order valence-corrected chi connectivity index (χ1v) is 5.70. The molecule has 2 aromatic rings. The van der Waals surface area contributed by atoms with Crippen molar-refractivity contribution in [2.24, 2.45) is 4.99 Å². The maximum absolute atomic E-state index is 5.08. The lowest BCUT2D eigenvalue weighted by Gasteiger charge is -1.96. The lowest BCUT2D eigenvalue weighted by atomic mass is 10.2. The third-order valence-corrected chi connectivity index (χ3v) is 2.94. The van der Waals surface area contributed by atoms with E-state index in [1.165, 1.54) is 5.39 Å². The third kappa shape index (κ3) is 1.89. The van der Waals surface area contributed by atoms with Crippen molar-refractivity contribution in [1.82, 2.24) is 4.98 Å². The van der Waals surface area contributed by atoms with E-state index in [9.17, 15) is 0 Å². The van der Waals surface area contributed by atoms with Crippen LogP contribution in [0.2, 0.25) is 0 Å². The number of rotatable bonds is 3. The van der Waals surface area contributed by atoms with E-state index < -0.39 is 0 Å². The highest BCUT2D eigenvalue weighted by atomic mass is 16.5. The van der Waals surface area contributed by atoms with Gasteiger partial charge in [-0.1, -0.05) is 24.3 Å². The van der Waals surface area contributed by atoms with Crippen LogP contribution in [0.3, 0.4) is 0 Å². The predicted molar refractivity (Wildman–Crippen MR) is 69.4 cm³/mol. The van der Waals surface area contributed by atoms with Gasteiger partial charge in [-0.2, -0.15) is 0 Å². The molecule has 2 heterocycles. The number of aromatic amines is 1. The highest BCUT2D eigenvalue weighted by molar-refractivity contribution is 6.05. The van der Waals surface area contributed by atoms with Gasteiger partial charge in [0.25, 0.3) is 0 Å². The molecule has 1 aromatic carbocycles. The van der Waals surface area contributed by atoms with Gasteiger partial charge in [-0.15, -0.1) is 0 Å². The minimum absolute atomic E-state index is 0.587. The molecule has 0 atom stereocenters. The molecule has 17 heavy (non-hydrogen) atoms. The van der Waals surface area contributed by atoms with Crippen LogP contribution in [-0.2, 0) is 4.74 Å². The molecule has 0 fully saturated rings. The van der Waals surface area contributed by atoms with Crippen molar-refractivity contribution < 1.29 is 4.74 Å². The second-order valence-electron chi connectivity index (χ2n) is 4.16. The molecule has 0 saturated carbocycles. The van der Waals surface area contributed by atoms with Crippen molar-refractivity contribution in [3.05, 3.63) is 47.8 Å². The molecule has 3 rings (SSSR count). The fourth-order valence-electron chi connectivity index (χ4n) is 2.12. The van der Waals surface area contributed by atoms with Crippen molar-refractivity contribution in [3.8, 4) is 0 Å². The maximum atomic E-state index is 5.08. The number of aromatic nitrogens is 1. The summed E-state index contributed by atoms with van der Waals surface area (Å²) in [5, 5.41) is 1.23. The molecular weight excluding hydrogens is 212 g/mol. The van der Waals surface area contributed by atoms with Crippen LogP contribution in [-0.4, -0.2) is 24.4 Å². The van der Waals surface area contributed by atoms with Crippen LogP contribution >= 0.6 is 0 Å². The highest BCUT2D eigenvalue weighted by Gasteiger charge is 2.12. The summed E-state index contributed by atoms with van der Waals surface area (Å²) >= 11 is 0. The SMILES string of the molecule is COCC1=CCC(c2cc3ccccc3[nH]2)=N1. The van der Waals surface area contributed by atoms with Crippen LogP contribution in [0.4, 0.5) is 0 Å². The standard InChI is InChI=1S/C14H14N2O/c1-17-9-11-6-7-13(15-11)14-8-10-4-2-3-5-12(10)16-14/h2-6,8,16H,7,9H2,1H3. The fraction of sp³-hybridized carbons (Fsp3) is 0.214. The third-order valence-electron chi connectivity index (χ3n) is 2.94. The average Bonchev–Trinajstić information content (AvgIpc) is 2.94. The number of fused-ring (bicyclic) bond motifs is 1. The summed E-state index contributed by atoms with van der Waals surface area (Å²) in [7, 11) is 1.69. The zero-order valence-corrected chi connectivity index (χ0v) is 9.73. The number of aliphatic imine (C=N–C) groups is 1. The Kier molecular flexibility index (Phi) is 2.53. The van der Waals surface area contributed by atoms with Gasteiger partial charge in [0.05, 0.1) is 23.7 Å². The van der Waals surface area contributed by atoms with Crippen LogP contribution in [0.25, 0.3) is 10.9 Å². The van der Waals surface area contributed by atoms with E-state index in [-0.39, 0.29) is 0 Å². The Balaban J connectivity index is 1.93. The van der Waals surface area contributed by atoms with E-state index in [1.54, 1.807) is 7.11 Å². The number of hydrogen-bond acceptors (Lipinski definition) is 2. The molecule has 0 radical (unpaired) electrons. The first-order chi connectivity index (χ1) is 8.36. The molecule has 0 aliphatic carbocycles. The largest absolute Gasteiger partial charge is 0.378 e. The summed E-state index contributed by atoms with van der Waals surface area (Å²) in [6, 6.07) is 10.4. The minimum Gasteiger partial charge on any atom is -0.378 e. The Morgan fingerprint density at radius 2 is 2.24 bits per heavy atom. The Labute approximate surface area is 99.8 Å². The molecule has 1 aliphatic heterocycles. The van der Waals surface area contributed by atoms with Crippen LogP contribution in [0.1, 0.15) is 12.1 Å². The van der Waals surface area contributed by atoms with Crippen molar-refractivity contribution in [2.75, 3.05) is 13.7 Å². The molecule has 0 saturated heterocycles. The lowest BCUT2D eigenvalue weighted by molar-refractivity contribution is 0.225. The second-order valence-corrected chi connectivity index (χ2v) is 4.16. The number of nitrogens with zero attached hydrogens (tertiary/aromatic N) is 1. The topological polar surface area (TPSA) is 37.4 Å². The number of H-pyrrole nitrogens is 1. The molecule has 3 nitrogen and oxygen atoms in total. The zero-order chi connectivity index (χ0) is 11.7. The Bertz CT molecular complexity index is 574. The average molecular weight is 226 g/mol. The van der Waals surface area contributed by atoms with Crippen molar-refractivity contribution in [2.45, 2.75) is 6.42 Å². The van der Waals surface area contributed by atoms with Crippen LogP contribution in [0.5, 0.6) is 0 Å². The normalized spacial score (nSPS) is 15.1. The second kappa shape index (κ2) is 4.18. The van der Waals surface area contributed by atoms with E-state index in [4.69, 9.17) is 4.74 Å². The minimum atomic E-state index is 0.587. The van der Waals surface area contributed by atoms with Gasteiger partial charge < -0.3 is 9.72 Å². The molecule has 0 amide bonds. The van der Waals surface area contributed by atoms with Crippen LogP contribution in [0.15, 0.2) is 47.1 Å². The number of ether oxygens (including phenoxy) is 1. The number of nitrogens with one attached hydrogen (secondary N) is 1. The fourth-order valence-corrected chi connectivity index (χ4v) is 2.12. The van der Waals surface area contributed by atoms with Gasteiger partial charge in [0, 0.05) is 24.4 Å². The summed E-state index contributed by atoms with van der Waals surface area (Å²) in [5.41, 5.74) is 4.37. The quantitative estimate of drug-likeness (QED) is 0.858. The monoisotopic (exact) mass is 226 g/mol. The Morgan fingerprint density at radius 1 is 1.35 bits per heavy atom.